The summed E-state index contributed by atoms with van der Waals surface area (Å²) in [6.07, 6.45) is 6.08. The van der Waals surface area contributed by atoms with E-state index in [1.807, 2.05) is 17.2 Å². The third-order valence-corrected chi connectivity index (χ3v) is 3.85. The summed E-state index contributed by atoms with van der Waals surface area (Å²) < 4.78 is 1.66. The number of carbonyl (C=O) groups excluding carboxylic acids is 1. The fourth-order valence-corrected chi connectivity index (χ4v) is 2.71. The van der Waals surface area contributed by atoms with Crippen LogP contribution in [-0.2, 0) is 11.3 Å². The number of likely N-dealkylation sites (tertiary alicyclic amines) is 1. The number of hydrogen-bond donors (Lipinski definition) is 1. The predicted octanol–water partition coefficient (Wildman–Crippen LogP) is 0.0788. The molecule has 2 atom stereocenters. The molecule has 1 aromatic rings. The van der Waals surface area contributed by atoms with Gasteiger partial charge in [0.05, 0.1) is 0 Å². The zero-order valence-electron chi connectivity index (χ0n) is 9.83. The minimum Gasteiger partial charge on any atom is -0.339 e. The SMILES string of the molecule is N[C@@H]1CN(C(=O)Cn2cccn2)C[C@H]1C1CC1. The van der Waals surface area contributed by atoms with Gasteiger partial charge in [-0.15, -0.1) is 0 Å². The maximum atomic E-state index is 12.1. The molecule has 3 rings (SSSR count). The molecule has 1 saturated carbocycles. The molecular formula is C12H18N4O. The van der Waals surface area contributed by atoms with E-state index in [9.17, 15) is 4.79 Å². The fourth-order valence-electron chi connectivity index (χ4n) is 2.71. The summed E-state index contributed by atoms with van der Waals surface area (Å²) in [5, 5.41) is 4.05. The van der Waals surface area contributed by atoms with Crippen LogP contribution in [-0.4, -0.2) is 39.7 Å². The van der Waals surface area contributed by atoms with Crippen LogP contribution in [0, 0.1) is 11.8 Å². The highest BCUT2D eigenvalue weighted by Crippen LogP contribution is 2.40. The van der Waals surface area contributed by atoms with Gasteiger partial charge >= 0.3 is 0 Å². The van der Waals surface area contributed by atoms with Crippen molar-refractivity contribution < 1.29 is 4.79 Å². The van der Waals surface area contributed by atoms with Crippen LogP contribution in [0.5, 0.6) is 0 Å². The molecule has 1 amide bonds. The molecule has 17 heavy (non-hydrogen) atoms. The number of nitrogens with zero attached hydrogens (tertiary/aromatic N) is 3. The van der Waals surface area contributed by atoms with Gasteiger partial charge in [0.1, 0.15) is 6.54 Å². The number of hydrogen-bond acceptors (Lipinski definition) is 3. The molecule has 0 bridgehead atoms. The molecule has 92 valence electrons. The largest absolute Gasteiger partial charge is 0.339 e. The molecule has 1 aliphatic carbocycles. The Morgan fingerprint density at radius 1 is 1.41 bits per heavy atom. The Hall–Kier alpha value is -1.36. The first kappa shape index (κ1) is 10.8. The lowest BCUT2D eigenvalue weighted by molar-refractivity contribution is -0.131. The van der Waals surface area contributed by atoms with Crippen molar-refractivity contribution in [1.29, 1.82) is 0 Å². The van der Waals surface area contributed by atoms with Crippen LogP contribution in [0.2, 0.25) is 0 Å². The zero-order valence-corrected chi connectivity index (χ0v) is 9.83. The van der Waals surface area contributed by atoms with Crippen molar-refractivity contribution in [2.75, 3.05) is 13.1 Å². The molecule has 2 heterocycles. The second kappa shape index (κ2) is 4.14. The first-order valence-corrected chi connectivity index (χ1v) is 6.25. The van der Waals surface area contributed by atoms with Gasteiger partial charge in [-0.2, -0.15) is 5.10 Å². The Labute approximate surface area is 101 Å². The summed E-state index contributed by atoms with van der Waals surface area (Å²) in [6, 6.07) is 2.00. The van der Waals surface area contributed by atoms with E-state index >= 15 is 0 Å². The molecule has 1 aliphatic heterocycles. The summed E-state index contributed by atoms with van der Waals surface area (Å²) in [4.78, 5) is 14.0. The Morgan fingerprint density at radius 2 is 2.24 bits per heavy atom. The Kier molecular flexibility index (Phi) is 2.63. The highest BCUT2D eigenvalue weighted by Gasteiger charge is 2.42. The molecule has 0 radical (unpaired) electrons. The maximum absolute atomic E-state index is 12.1. The van der Waals surface area contributed by atoms with Crippen molar-refractivity contribution in [2.24, 2.45) is 17.6 Å². The van der Waals surface area contributed by atoms with Crippen molar-refractivity contribution in [3.05, 3.63) is 18.5 Å². The van der Waals surface area contributed by atoms with Crippen molar-refractivity contribution in [1.82, 2.24) is 14.7 Å². The summed E-state index contributed by atoms with van der Waals surface area (Å²) in [7, 11) is 0. The van der Waals surface area contributed by atoms with Crippen LogP contribution >= 0.6 is 0 Å². The van der Waals surface area contributed by atoms with Gasteiger partial charge in [-0.3, -0.25) is 9.48 Å². The summed E-state index contributed by atoms with van der Waals surface area (Å²) >= 11 is 0. The molecule has 5 nitrogen and oxygen atoms in total. The molecular weight excluding hydrogens is 216 g/mol. The standard InChI is InChI=1S/C12H18N4O/c13-11-7-15(6-10(11)9-2-3-9)12(17)8-16-5-1-4-14-16/h1,4-5,9-11H,2-3,6-8,13H2/t10-,11+/m0/s1. The first-order chi connectivity index (χ1) is 8.24. The molecule has 2 aliphatic rings. The lowest BCUT2D eigenvalue weighted by atomic mass is 9.99. The average Bonchev–Trinajstić information content (AvgIpc) is 2.87. The average molecular weight is 234 g/mol. The van der Waals surface area contributed by atoms with Crippen molar-refractivity contribution in [3.63, 3.8) is 0 Å². The van der Waals surface area contributed by atoms with Crippen LogP contribution in [0.15, 0.2) is 18.5 Å². The second-order valence-corrected chi connectivity index (χ2v) is 5.17. The van der Waals surface area contributed by atoms with Gasteiger partial charge < -0.3 is 10.6 Å². The van der Waals surface area contributed by atoms with Crippen molar-refractivity contribution in [2.45, 2.75) is 25.4 Å². The van der Waals surface area contributed by atoms with Gasteiger partial charge in [0.25, 0.3) is 0 Å². The smallest absolute Gasteiger partial charge is 0.244 e. The molecule has 0 unspecified atom stereocenters. The van der Waals surface area contributed by atoms with Crippen molar-refractivity contribution in [3.8, 4) is 0 Å². The number of rotatable bonds is 3. The summed E-state index contributed by atoms with van der Waals surface area (Å²) in [6.45, 7) is 1.88. The van der Waals surface area contributed by atoms with Gasteiger partial charge in [0, 0.05) is 31.5 Å². The topological polar surface area (TPSA) is 64.2 Å². The number of nitrogens with two attached hydrogens (primary N) is 1. The monoisotopic (exact) mass is 234 g/mol. The van der Waals surface area contributed by atoms with E-state index in [-0.39, 0.29) is 11.9 Å². The van der Waals surface area contributed by atoms with E-state index in [0.717, 1.165) is 12.5 Å². The van der Waals surface area contributed by atoms with Gasteiger partial charge in [-0.25, -0.2) is 0 Å². The molecule has 5 heteroatoms. The van der Waals surface area contributed by atoms with E-state index in [0.29, 0.717) is 19.0 Å². The van der Waals surface area contributed by atoms with E-state index < -0.39 is 0 Å². The van der Waals surface area contributed by atoms with Crippen LogP contribution in [0.25, 0.3) is 0 Å². The number of aromatic nitrogens is 2. The normalized spacial score (nSPS) is 28.6. The highest BCUT2D eigenvalue weighted by atomic mass is 16.2. The van der Waals surface area contributed by atoms with Crippen LogP contribution < -0.4 is 5.73 Å². The quantitative estimate of drug-likeness (QED) is 0.805. The molecule has 0 aromatic carbocycles. The fraction of sp³-hybridized carbons (Fsp3) is 0.667. The number of carbonyl (C=O) groups is 1. The number of amides is 1. The van der Waals surface area contributed by atoms with Crippen LogP contribution in [0.4, 0.5) is 0 Å². The predicted molar refractivity (Wildman–Crippen MR) is 63.0 cm³/mol. The molecule has 1 aromatic heterocycles. The highest BCUT2D eigenvalue weighted by molar-refractivity contribution is 5.76. The van der Waals surface area contributed by atoms with E-state index in [1.54, 1.807) is 10.9 Å². The van der Waals surface area contributed by atoms with E-state index in [1.165, 1.54) is 12.8 Å². The minimum absolute atomic E-state index is 0.132. The third-order valence-electron chi connectivity index (χ3n) is 3.85. The second-order valence-electron chi connectivity index (χ2n) is 5.17. The van der Waals surface area contributed by atoms with Gasteiger partial charge in [-0.1, -0.05) is 0 Å². The molecule has 2 fully saturated rings. The zero-order chi connectivity index (χ0) is 11.8. The third kappa shape index (κ3) is 2.20. The van der Waals surface area contributed by atoms with Gasteiger partial charge in [0.15, 0.2) is 0 Å². The van der Waals surface area contributed by atoms with Crippen LogP contribution in [0.1, 0.15) is 12.8 Å². The molecule has 1 saturated heterocycles. The molecule has 0 spiro atoms. The van der Waals surface area contributed by atoms with Gasteiger partial charge in [0.2, 0.25) is 5.91 Å². The lowest BCUT2D eigenvalue weighted by Crippen LogP contribution is -2.34. The maximum Gasteiger partial charge on any atom is 0.244 e. The van der Waals surface area contributed by atoms with E-state index in [2.05, 4.69) is 5.10 Å². The molecule has 2 N–H and O–H groups in total. The Morgan fingerprint density at radius 3 is 2.88 bits per heavy atom. The Balaban J connectivity index is 1.59. The summed E-state index contributed by atoms with van der Waals surface area (Å²) in [5.41, 5.74) is 6.11. The van der Waals surface area contributed by atoms with Crippen LogP contribution in [0.3, 0.4) is 0 Å². The summed E-state index contributed by atoms with van der Waals surface area (Å²) in [5.74, 6) is 1.43. The Bertz CT molecular complexity index is 399. The lowest BCUT2D eigenvalue weighted by Gasteiger charge is -2.16. The van der Waals surface area contributed by atoms with Gasteiger partial charge in [-0.05, 0) is 30.7 Å². The first-order valence-electron chi connectivity index (χ1n) is 6.25. The van der Waals surface area contributed by atoms with E-state index in [4.69, 9.17) is 5.73 Å². The minimum atomic E-state index is 0.132. The van der Waals surface area contributed by atoms with Crippen molar-refractivity contribution >= 4 is 5.91 Å².